The van der Waals surface area contributed by atoms with Crippen LogP contribution in [0, 0.1) is 24.3 Å². The molecule has 121 valence electrons. The Bertz CT molecular complexity index is 588. The summed E-state index contributed by atoms with van der Waals surface area (Å²) < 4.78 is 3.16. The third kappa shape index (κ3) is 9.66. The van der Waals surface area contributed by atoms with Crippen LogP contribution in [0.4, 0.5) is 0 Å². The minimum atomic E-state index is -0.866. The van der Waals surface area contributed by atoms with E-state index in [-0.39, 0.29) is 17.1 Å². The molecule has 1 radical (unpaired) electrons. The van der Waals surface area contributed by atoms with Crippen molar-refractivity contribution in [2.75, 3.05) is 0 Å². The molecule has 2 heteroatoms. The molecular formula is C22H17FePb-4. The van der Waals surface area contributed by atoms with E-state index in [1.807, 2.05) is 30.3 Å². The van der Waals surface area contributed by atoms with E-state index in [4.69, 9.17) is 0 Å². The predicted octanol–water partition coefficient (Wildman–Crippen LogP) is 3.08. The van der Waals surface area contributed by atoms with Gasteiger partial charge in [-0.2, -0.15) is 18.2 Å². The Morgan fingerprint density at radius 2 is 1.08 bits per heavy atom. The van der Waals surface area contributed by atoms with Gasteiger partial charge in [0.1, 0.15) is 0 Å². The summed E-state index contributed by atoms with van der Waals surface area (Å²) in [7, 11) is 0. The van der Waals surface area contributed by atoms with Crippen LogP contribution < -0.4 is 6.25 Å². The van der Waals surface area contributed by atoms with Crippen LogP contribution >= 0.6 is 0 Å². The van der Waals surface area contributed by atoms with Gasteiger partial charge in [0, 0.05) is 0 Å². The van der Waals surface area contributed by atoms with Gasteiger partial charge >= 0.3 is 108 Å². The van der Waals surface area contributed by atoms with Crippen molar-refractivity contribution in [3.63, 3.8) is 0 Å². The first kappa shape index (κ1) is 20.6. The zero-order valence-corrected chi connectivity index (χ0v) is 18.8. The van der Waals surface area contributed by atoms with Gasteiger partial charge in [0.05, 0.1) is 0 Å². The van der Waals surface area contributed by atoms with Crippen molar-refractivity contribution in [2.24, 2.45) is 0 Å². The standard InChI is InChI=1S/2C6H5.C5H5.C5H.Fe.Pb.H/c2*1-2-4-6-5-3-1;2*1-2-4-5-3-1;;;/h2*1-5H;1-5H;1H;;;/q;;-1;-5;+2;;. The van der Waals surface area contributed by atoms with Gasteiger partial charge in [-0.1, -0.05) is 0 Å². The fraction of sp³-hybridized carbons (Fsp3) is 0. The molecule has 0 bridgehead atoms. The summed E-state index contributed by atoms with van der Waals surface area (Å²) in [5.41, 5.74) is 0. The van der Waals surface area contributed by atoms with Crippen molar-refractivity contribution in [3.8, 4) is 0 Å². The van der Waals surface area contributed by atoms with E-state index in [1.54, 1.807) is 12.3 Å². The average molecular weight is 544 g/mol. The normalized spacial score (nSPS) is 8.67. The van der Waals surface area contributed by atoms with Gasteiger partial charge in [-0.05, 0) is 0 Å². The Balaban J connectivity index is 0.000000216. The van der Waals surface area contributed by atoms with Crippen molar-refractivity contribution < 1.29 is 17.1 Å². The maximum atomic E-state index is 2.62. The minimum absolute atomic E-state index is 0. The van der Waals surface area contributed by atoms with Crippen molar-refractivity contribution in [1.29, 1.82) is 0 Å². The van der Waals surface area contributed by atoms with Crippen LogP contribution in [0.1, 0.15) is 0 Å². The summed E-state index contributed by atoms with van der Waals surface area (Å²) in [5, 5.41) is 0. The quantitative estimate of drug-likeness (QED) is 0.269. The van der Waals surface area contributed by atoms with E-state index >= 15 is 0 Å². The van der Waals surface area contributed by atoms with Crippen LogP contribution in [0.3, 0.4) is 0 Å². The molecule has 0 aliphatic carbocycles. The molecule has 0 spiro atoms. The molecule has 4 aromatic rings. The number of hydrogen-bond donors (Lipinski definition) is 0. The van der Waals surface area contributed by atoms with Gasteiger partial charge in [0.2, 0.25) is 0 Å². The summed E-state index contributed by atoms with van der Waals surface area (Å²) in [6.45, 7) is 0. The van der Waals surface area contributed by atoms with Crippen LogP contribution in [0.5, 0.6) is 0 Å². The molecule has 0 aliphatic heterocycles. The molecule has 0 fully saturated rings. The number of hydrogen-bond acceptors (Lipinski definition) is 0. The Hall–Kier alpha value is -1.42. The van der Waals surface area contributed by atoms with E-state index in [0.717, 1.165) is 0 Å². The van der Waals surface area contributed by atoms with E-state index in [0.29, 0.717) is 0 Å². The predicted molar refractivity (Wildman–Crippen MR) is 98.7 cm³/mol. The topological polar surface area (TPSA) is 0 Å². The summed E-state index contributed by atoms with van der Waals surface area (Å²) in [4.78, 5) is 0. The molecule has 0 nitrogen and oxygen atoms in total. The van der Waals surface area contributed by atoms with Gasteiger partial charge in [0.25, 0.3) is 0 Å². The van der Waals surface area contributed by atoms with Gasteiger partial charge in [-0.15, -0.1) is 0 Å². The molecule has 0 saturated carbocycles. The van der Waals surface area contributed by atoms with E-state index in [2.05, 4.69) is 84.9 Å². The Labute approximate surface area is 168 Å². The van der Waals surface area contributed by atoms with Gasteiger partial charge in [0.15, 0.2) is 0 Å². The van der Waals surface area contributed by atoms with Crippen molar-refractivity contribution in [2.45, 2.75) is 0 Å². The second-order valence-electron chi connectivity index (χ2n) is 4.61. The summed E-state index contributed by atoms with van der Waals surface area (Å²) in [6.07, 6.45) is 0. The van der Waals surface area contributed by atoms with Crippen molar-refractivity contribution in [3.05, 3.63) is 121 Å². The van der Waals surface area contributed by atoms with Gasteiger partial charge in [-0.3, -0.25) is 0 Å². The first-order valence-corrected chi connectivity index (χ1v) is 11.9. The number of benzene rings is 2. The Morgan fingerprint density at radius 1 is 0.625 bits per heavy atom. The summed E-state index contributed by atoms with van der Waals surface area (Å²) >= 11 is -0.866. The van der Waals surface area contributed by atoms with E-state index < -0.39 is 24.2 Å². The SMILES string of the molecule is [Fe+2].[c-]1[c-][c-][cH-][c-]1.c1cc[cH-]c1.c1cc[c]([PbH][c]2ccccc2)cc1. The molecule has 4 aromatic carbocycles. The Morgan fingerprint density at radius 3 is 1.38 bits per heavy atom. The molecule has 0 aromatic heterocycles. The van der Waals surface area contributed by atoms with E-state index in [1.165, 1.54) is 0 Å². The fourth-order valence-corrected chi connectivity index (χ4v) is 6.51. The maximum absolute atomic E-state index is 2.62. The zero-order chi connectivity index (χ0) is 16.0. The van der Waals surface area contributed by atoms with Crippen LogP contribution in [-0.2, 0) is 17.1 Å². The van der Waals surface area contributed by atoms with Crippen LogP contribution in [-0.4, -0.2) is 24.2 Å². The van der Waals surface area contributed by atoms with Gasteiger partial charge < -0.3 is 30.3 Å². The first-order chi connectivity index (χ1) is 11.4. The van der Waals surface area contributed by atoms with Gasteiger partial charge in [-0.25, -0.2) is 12.1 Å². The fourth-order valence-electron chi connectivity index (χ4n) is 1.79. The molecule has 0 atom stereocenters. The monoisotopic (exact) mass is 545 g/mol. The zero-order valence-electron chi connectivity index (χ0n) is 13.2. The molecule has 0 amide bonds. The molecular weight excluding hydrogens is 527 g/mol. The average Bonchev–Trinajstić information content (AvgIpc) is 3.35. The van der Waals surface area contributed by atoms with Crippen molar-refractivity contribution in [1.82, 2.24) is 0 Å². The van der Waals surface area contributed by atoms with Crippen molar-refractivity contribution >= 4 is 30.5 Å². The van der Waals surface area contributed by atoms with Crippen LogP contribution in [0.25, 0.3) is 0 Å². The Kier molecular flexibility index (Phi) is 12.0. The molecule has 0 aliphatic rings. The van der Waals surface area contributed by atoms with E-state index in [9.17, 15) is 0 Å². The molecule has 0 saturated heterocycles. The first-order valence-electron chi connectivity index (χ1n) is 7.39. The second-order valence-corrected chi connectivity index (χ2v) is 10.9. The molecule has 0 N–H and O–H groups in total. The van der Waals surface area contributed by atoms with Crippen LogP contribution in [0.2, 0.25) is 0 Å². The molecule has 0 heterocycles. The molecule has 4 rings (SSSR count). The summed E-state index contributed by atoms with van der Waals surface area (Å²) in [6, 6.07) is 43.7. The summed E-state index contributed by atoms with van der Waals surface area (Å²) in [5.74, 6) is 0. The number of rotatable bonds is 2. The third-order valence-electron chi connectivity index (χ3n) is 2.84. The van der Waals surface area contributed by atoms with Crippen LogP contribution in [0.15, 0.2) is 97.1 Å². The third-order valence-corrected chi connectivity index (χ3v) is 8.42. The second kappa shape index (κ2) is 14.0. The molecule has 24 heavy (non-hydrogen) atoms. The molecule has 0 unspecified atom stereocenters.